The van der Waals surface area contributed by atoms with Gasteiger partial charge in [-0.3, -0.25) is 4.57 Å². The van der Waals surface area contributed by atoms with Crippen LogP contribution >= 0.6 is 12.2 Å². The Morgan fingerprint density at radius 3 is 2.50 bits per heavy atom. The summed E-state index contributed by atoms with van der Waals surface area (Å²) < 4.78 is 2.92. The standard InChI is InChI=1S/C15H26N4S/c1-2-10-19-13(16-17-14(19)20)18-11-8-15(9-12-18)6-4-3-5-7-15/h2-12H2,1H3,(H,17,20). The van der Waals surface area contributed by atoms with Crippen LogP contribution in [0.4, 0.5) is 5.95 Å². The van der Waals surface area contributed by atoms with Gasteiger partial charge in [0.05, 0.1) is 0 Å². The van der Waals surface area contributed by atoms with Crippen LogP contribution in [0.3, 0.4) is 0 Å². The lowest BCUT2D eigenvalue weighted by Gasteiger charge is -2.44. The molecule has 112 valence electrons. The predicted molar refractivity (Wildman–Crippen MR) is 84.7 cm³/mol. The molecule has 0 amide bonds. The third-order valence-corrected chi connectivity index (χ3v) is 5.52. The summed E-state index contributed by atoms with van der Waals surface area (Å²) in [6.45, 7) is 5.44. The Kier molecular flexibility index (Phi) is 4.15. The first kappa shape index (κ1) is 14.1. The Morgan fingerprint density at radius 1 is 1.15 bits per heavy atom. The molecule has 0 unspecified atom stereocenters. The Morgan fingerprint density at radius 2 is 1.85 bits per heavy atom. The van der Waals surface area contributed by atoms with Crippen LogP contribution in [0.15, 0.2) is 0 Å². The van der Waals surface area contributed by atoms with Crippen molar-refractivity contribution in [2.75, 3.05) is 18.0 Å². The van der Waals surface area contributed by atoms with Crippen molar-refractivity contribution in [3.05, 3.63) is 4.77 Å². The predicted octanol–water partition coefficient (Wildman–Crippen LogP) is 3.90. The largest absolute Gasteiger partial charge is 0.341 e. The lowest BCUT2D eigenvalue weighted by Crippen LogP contribution is -2.42. The second-order valence-electron chi connectivity index (χ2n) is 6.53. The average Bonchev–Trinajstić information content (AvgIpc) is 2.83. The van der Waals surface area contributed by atoms with Crippen molar-refractivity contribution < 1.29 is 0 Å². The molecule has 1 spiro atoms. The van der Waals surface area contributed by atoms with E-state index in [2.05, 4.69) is 26.6 Å². The minimum Gasteiger partial charge on any atom is -0.341 e. The van der Waals surface area contributed by atoms with E-state index in [1.165, 1.54) is 44.9 Å². The van der Waals surface area contributed by atoms with Gasteiger partial charge in [0.1, 0.15) is 0 Å². The summed E-state index contributed by atoms with van der Waals surface area (Å²) in [7, 11) is 0. The van der Waals surface area contributed by atoms with Gasteiger partial charge in [0.25, 0.3) is 0 Å². The van der Waals surface area contributed by atoms with Crippen LogP contribution < -0.4 is 4.90 Å². The Labute approximate surface area is 126 Å². The summed E-state index contributed by atoms with van der Waals surface area (Å²) in [4.78, 5) is 2.43. The van der Waals surface area contributed by atoms with Crippen LogP contribution in [0.25, 0.3) is 0 Å². The van der Waals surface area contributed by atoms with Crippen molar-refractivity contribution in [1.29, 1.82) is 0 Å². The van der Waals surface area contributed by atoms with E-state index in [1.54, 1.807) is 0 Å². The molecule has 3 rings (SSSR count). The molecule has 0 atom stereocenters. The van der Waals surface area contributed by atoms with Gasteiger partial charge in [0.2, 0.25) is 5.95 Å². The zero-order chi connectivity index (χ0) is 14.0. The topological polar surface area (TPSA) is 36.9 Å². The van der Waals surface area contributed by atoms with Crippen LogP contribution in [0.5, 0.6) is 0 Å². The van der Waals surface area contributed by atoms with Crippen molar-refractivity contribution in [3.63, 3.8) is 0 Å². The highest BCUT2D eigenvalue weighted by atomic mass is 32.1. The number of aromatic nitrogens is 3. The SMILES string of the molecule is CCCn1c(N2CCC3(CCCCC3)CC2)n[nH]c1=S. The van der Waals surface area contributed by atoms with E-state index in [1.807, 2.05) is 0 Å². The highest BCUT2D eigenvalue weighted by molar-refractivity contribution is 7.71. The molecule has 4 nitrogen and oxygen atoms in total. The summed E-state index contributed by atoms with van der Waals surface area (Å²) in [5, 5.41) is 7.43. The van der Waals surface area contributed by atoms with E-state index < -0.39 is 0 Å². The Bertz CT molecular complexity index is 488. The second kappa shape index (κ2) is 5.88. The molecular formula is C15H26N4S. The van der Waals surface area contributed by atoms with Crippen LogP contribution in [0, 0.1) is 10.2 Å². The summed E-state index contributed by atoms with van der Waals surface area (Å²) in [6, 6.07) is 0. The number of piperidine rings is 1. The van der Waals surface area contributed by atoms with Crippen LogP contribution in [0.1, 0.15) is 58.3 Å². The highest BCUT2D eigenvalue weighted by Crippen LogP contribution is 2.44. The molecule has 1 aromatic heterocycles. The number of aromatic amines is 1. The fourth-order valence-electron chi connectivity index (χ4n) is 3.96. The van der Waals surface area contributed by atoms with Gasteiger partial charge in [-0.1, -0.05) is 26.2 Å². The molecule has 2 heterocycles. The van der Waals surface area contributed by atoms with Gasteiger partial charge in [-0.2, -0.15) is 0 Å². The number of rotatable bonds is 3. The fraction of sp³-hybridized carbons (Fsp3) is 0.867. The minimum atomic E-state index is 0.650. The van der Waals surface area contributed by atoms with Gasteiger partial charge in [-0.05, 0) is 49.7 Å². The van der Waals surface area contributed by atoms with Gasteiger partial charge >= 0.3 is 0 Å². The molecule has 2 fully saturated rings. The number of nitrogens with zero attached hydrogens (tertiary/aromatic N) is 3. The Balaban J connectivity index is 1.70. The molecule has 1 aromatic rings. The maximum absolute atomic E-state index is 5.34. The lowest BCUT2D eigenvalue weighted by molar-refractivity contribution is 0.143. The zero-order valence-electron chi connectivity index (χ0n) is 12.5. The van der Waals surface area contributed by atoms with Gasteiger partial charge in [0, 0.05) is 19.6 Å². The van der Waals surface area contributed by atoms with Crippen LogP contribution in [-0.2, 0) is 6.54 Å². The summed E-state index contributed by atoms with van der Waals surface area (Å²) >= 11 is 5.34. The van der Waals surface area contributed by atoms with Gasteiger partial charge in [-0.15, -0.1) is 5.10 Å². The molecule has 0 bridgehead atoms. The molecule has 0 aromatic carbocycles. The van der Waals surface area contributed by atoms with Gasteiger partial charge < -0.3 is 4.90 Å². The van der Waals surface area contributed by atoms with Crippen molar-refractivity contribution in [2.45, 2.75) is 64.8 Å². The molecular weight excluding hydrogens is 268 g/mol. The number of hydrogen-bond acceptors (Lipinski definition) is 3. The first-order chi connectivity index (χ1) is 9.74. The van der Waals surface area contributed by atoms with E-state index in [0.29, 0.717) is 5.41 Å². The monoisotopic (exact) mass is 294 g/mol. The third-order valence-electron chi connectivity index (χ3n) is 5.21. The van der Waals surface area contributed by atoms with E-state index in [4.69, 9.17) is 12.2 Å². The number of anilines is 1. The molecule has 5 heteroatoms. The average molecular weight is 294 g/mol. The van der Waals surface area contributed by atoms with Gasteiger partial charge in [-0.25, -0.2) is 5.10 Å². The molecule has 20 heavy (non-hydrogen) atoms. The molecule has 1 N–H and O–H groups in total. The first-order valence-corrected chi connectivity index (χ1v) is 8.55. The maximum atomic E-state index is 5.34. The van der Waals surface area contributed by atoms with E-state index >= 15 is 0 Å². The van der Waals surface area contributed by atoms with Crippen molar-refractivity contribution >= 4 is 18.2 Å². The number of nitrogens with one attached hydrogen (secondary N) is 1. The van der Waals surface area contributed by atoms with E-state index in [-0.39, 0.29) is 0 Å². The summed E-state index contributed by atoms with van der Waals surface area (Å²) in [5.74, 6) is 1.06. The zero-order valence-corrected chi connectivity index (χ0v) is 13.3. The summed E-state index contributed by atoms with van der Waals surface area (Å²) in [5.41, 5.74) is 0.650. The normalized spacial score (nSPS) is 22.4. The molecule has 0 radical (unpaired) electrons. The number of hydrogen-bond donors (Lipinski definition) is 1. The van der Waals surface area contributed by atoms with Crippen molar-refractivity contribution in [1.82, 2.24) is 14.8 Å². The quantitative estimate of drug-likeness (QED) is 0.859. The molecule has 1 saturated heterocycles. The Hall–Kier alpha value is -0.840. The summed E-state index contributed by atoms with van der Waals surface area (Å²) in [6.07, 6.45) is 11.0. The molecule has 1 aliphatic carbocycles. The smallest absolute Gasteiger partial charge is 0.225 e. The van der Waals surface area contributed by atoms with Crippen LogP contribution in [0.2, 0.25) is 0 Å². The first-order valence-electron chi connectivity index (χ1n) is 8.14. The fourth-order valence-corrected chi connectivity index (χ4v) is 4.18. The third kappa shape index (κ3) is 2.65. The van der Waals surface area contributed by atoms with Crippen molar-refractivity contribution in [3.8, 4) is 0 Å². The van der Waals surface area contributed by atoms with E-state index in [0.717, 1.165) is 36.8 Å². The van der Waals surface area contributed by atoms with Gasteiger partial charge in [0.15, 0.2) is 4.77 Å². The molecule has 1 saturated carbocycles. The van der Waals surface area contributed by atoms with E-state index in [9.17, 15) is 0 Å². The number of H-pyrrole nitrogens is 1. The van der Waals surface area contributed by atoms with Crippen molar-refractivity contribution in [2.24, 2.45) is 5.41 Å². The molecule has 2 aliphatic rings. The second-order valence-corrected chi connectivity index (χ2v) is 6.91. The molecule has 1 aliphatic heterocycles. The minimum absolute atomic E-state index is 0.650. The lowest BCUT2D eigenvalue weighted by atomic mass is 9.68. The van der Waals surface area contributed by atoms with Crippen LogP contribution in [-0.4, -0.2) is 27.9 Å². The highest BCUT2D eigenvalue weighted by Gasteiger charge is 2.36. The maximum Gasteiger partial charge on any atom is 0.225 e.